The molecule has 20 heavy (non-hydrogen) atoms. The van der Waals surface area contributed by atoms with Crippen LogP contribution in [0.4, 0.5) is 0 Å². The predicted molar refractivity (Wildman–Crippen MR) is 88.7 cm³/mol. The van der Waals surface area contributed by atoms with Gasteiger partial charge < -0.3 is 5.73 Å². The fourth-order valence-corrected chi connectivity index (χ4v) is 2.85. The maximum Gasteiger partial charge on any atom is 0.0454 e. The Morgan fingerprint density at radius 2 is 1.90 bits per heavy atom. The van der Waals surface area contributed by atoms with E-state index in [1.54, 1.807) is 0 Å². The Bertz CT molecular complexity index is 586. The molecule has 0 fully saturated rings. The molecule has 0 aliphatic heterocycles. The lowest BCUT2D eigenvalue weighted by Gasteiger charge is -2.18. The topological polar surface area (TPSA) is 29.3 Å². The molecule has 2 rings (SSSR count). The maximum atomic E-state index is 6.29. The largest absolute Gasteiger partial charge is 0.326 e. The zero-order valence-corrected chi connectivity index (χ0v) is 13.8. The van der Waals surface area contributed by atoms with Crippen molar-refractivity contribution in [3.8, 4) is 0 Å². The summed E-state index contributed by atoms with van der Waals surface area (Å²) >= 11 is 9.79. The van der Waals surface area contributed by atoms with Gasteiger partial charge >= 0.3 is 0 Å². The van der Waals surface area contributed by atoms with Gasteiger partial charge in [0, 0.05) is 29.1 Å². The predicted octanol–water partition coefficient (Wildman–Crippen LogP) is 4.19. The molecule has 0 amide bonds. The molecule has 2 N–H and O–H groups in total. The van der Waals surface area contributed by atoms with E-state index in [4.69, 9.17) is 17.3 Å². The number of nitrogens with two attached hydrogens (primary N) is 1. The van der Waals surface area contributed by atoms with E-state index in [-0.39, 0.29) is 0 Å². The lowest BCUT2D eigenvalue weighted by molar-refractivity contribution is 0.319. The number of hydrogen-bond donors (Lipinski definition) is 1. The Morgan fingerprint density at radius 1 is 1.10 bits per heavy atom. The third kappa shape index (κ3) is 4.32. The highest BCUT2D eigenvalue weighted by molar-refractivity contribution is 9.10. The molecule has 0 saturated heterocycles. The van der Waals surface area contributed by atoms with E-state index in [1.807, 2.05) is 18.2 Å². The van der Waals surface area contributed by atoms with E-state index in [2.05, 4.69) is 52.1 Å². The first-order valence-electron chi connectivity index (χ1n) is 6.49. The Balaban J connectivity index is 2.02. The molecule has 0 atom stereocenters. The van der Waals surface area contributed by atoms with Gasteiger partial charge in [-0.15, -0.1) is 0 Å². The monoisotopic (exact) mass is 352 g/mol. The molecule has 0 unspecified atom stereocenters. The van der Waals surface area contributed by atoms with Gasteiger partial charge in [-0.2, -0.15) is 0 Å². The van der Waals surface area contributed by atoms with Crippen molar-refractivity contribution in [2.45, 2.75) is 19.6 Å². The molecule has 0 aromatic heterocycles. The van der Waals surface area contributed by atoms with Crippen LogP contribution in [-0.2, 0) is 19.6 Å². The lowest BCUT2D eigenvalue weighted by Crippen LogP contribution is -2.17. The molecule has 0 radical (unpaired) electrons. The summed E-state index contributed by atoms with van der Waals surface area (Å²) in [6, 6.07) is 14.4. The summed E-state index contributed by atoms with van der Waals surface area (Å²) < 4.78 is 1.11. The molecule has 2 aromatic rings. The highest BCUT2D eigenvalue weighted by atomic mass is 79.9. The molecule has 106 valence electrons. The average Bonchev–Trinajstić information content (AvgIpc) is 2.41. The van der Waals surface area contributed by atoms with Crippen LogP contribution in [-0.4, -0.2) is 11.9 Å². The van der Waals surface area contributed by atoms with E-state index in [1.165, 1.54) is 5.56 Å². The molecule has 0 aliphatic rings. The van der Waals surface area contributed by atoms with Crippen LogP contribution in [0.15, 0.2) is 46.9 Å². The zero-order chi connectivity index (χ0) is 14.5. The number of nitrogens with zero attached hydrogens (tertiary/aromatic N) is 1. The highest BCUT2D eigenvalue weighted by Crippen LogP contribution is 2.20. The van der Waals surface area contributed by atoms with Crippen molar-refractivity contribution in [3.05, 3.63) is 68.7 Å². The molecule has 2 nitrogen and oxygen atoms in total. The molecule has 0 bridgehead atoms. The summed E-state index contributed by atoms with van der Waals surface area (Å²) in [6.07, 6.45) is 0. The van der Waals surface area contributed by atoms with Gasteiger partial charge in [-0.25, -0.2) is 0 Å². The Morgan fingerprint density at radius 3 is 2.55 bits per heavy atom. The normalized spacial score (nSPS) is 11.1. The summed E-state index contributed by atoms with van der Waals surface area (Å²) in [5, 5.41) is 0.786. The lowest BCUT2D eigenvalue weighted by atomic mass is 10.1. The van der Waals surface area contributed by atoms with Gasteiger partial charge in [0.2, 0.25) is 0 Å². The van der Waals surface area contributed by atoms with Gasteiger partial charge in [0.1, 0.15) is 0 Å². The summed E-state index contributed by atoms with van der Waals surface area (Å²) in [5.74, 6) is 0. The molecule has 0 heterocycles. The summed E-state index contributed by atoms with van der Waals surface area (Å²) in [5.41, 5.74) is 9.08. The summed E-state index contributed by atoms with van der Waals surface area (Å²) in [4.78, 5) is 2.24. The second kappa shape index (κ2) is 7.23. The number of rotatable bonds is 5. The second-order valence-electron chi connectivity index (χ2n) is 4.93. The van der Waals surface area contributed by atoms with Gasteiger partial charge in [-0.05, 0) is 41.9 Å². The van der Waals surface area contributed by atoms with Crippen LogP contribution in [0.5, 0.6) is 0 Å². The minimum atomic E-state index is 0.522. The first kappa shape index (κ1) is 15.5. The molecule has 0 aliphatic carbocycles. The quantitative estimate of drug-likeness (QED) is 0.873. The van der Waals surface area contributed by atoms with Crippen LogP contribution in [0.25, 0.3) is 0 Å². The Kier molecular flexibility index (Phi) is 5.61. The highest BCUT2D eigenvalue weighted by Gasteiger charge is 2.06. The summed E-state index contributed by atoms with van der Waals surface area (Å²) in [6.45, 7) is 2.22. The first-order chi connectivity index (χ1) is 9.58. The van der Waals surface area contributed by atoms with Gasteiger partial charge in [0.25, 0.3) is 0 Å². The fraction of sp³-hybridized carbons (Fsp3) is 0.250. The van der Waals surface area contributed by atoms with Crippen molar-refractivity contribution >= 4 is 27.5 Å². The van der Waals surface area contributed by atoms with Crippen molar-refractivity contribution < 1.29 is 0 Å². The maximum absolute atomic E-state index is 6.29. The smallest absolute Gasteiger partial charge is 0.0454 e. The van der Waals surface area contributed by atoms with Crippen LogP contribution in [0.3, 0.4) is 0 Å². The molecule has 0 saturated carbocycles. The molecule has 2 aromatic carbocycles. The minimum absolute atomic E-state index is 0.522. The standard InChI is InChI=1S/C16H18BrClN2/c1-20(10-13-3-2-4-15(17)7-13)11-14-6-5-12(9-19)8-16(14)18/h2-8H,9-11,19H2,1H3. The molecule has 4 heteroatoms. The fourth-order valence-electron chi connectivity index (χ4n) is 2.14. The van der Waals surface area contributed by atoms with Crippen molar-refractivity contribution in [2.75, 3.05) is 7.05 Å². The van der Waals surface area contributed by atoms with Crippen molar-refractivity contribution in [2.24, 2.45) is 5.73 Å². The van der Waals surface area contributed by atoms with E-state index in [0.29, 0.717) is 6.54 Å². The van der Waals surface area contributed by atoms with Crippen LogP contribution >= 0.6 is 27.5 Å². The summed E-state index contributed by atoms with van der Waals surface area (Å²) in [7, 11) is 2.09. The molecular weight excluding hydrogens is 336 g/mol. The van der Waals surface area contributed by atoms with Crippen molar-refractivity contribution in [1.82, 2.24) is 4.90 Å². The molecular formula is C16H18BrClN2. The minimum Gasteiger partial charge on any atom is -0.326 e. The van der Waals surface area contributed by atoms with Gasteiger partial charge in [0.05, 0.1) is 0 Å². The third-order valence-electron chi connectivity index (χ3n) is 3.13. The number of halogens is 2. The van der Waals surface area contributed by atoms with E-state index >= 15 is 0 Å². The second-order valence-corrected chi connectivity index (χ2v) is 6.25. The van der Waals surface area contributed by atoms with E-state index in [0.717, 1.165) is 33.7 Å². The Labute approximate surface area is 133 Å². The first-order valence-corrected chi connectivity index (χ1v) is 7.66. The van der Waals surface area contributed by atoms with Crippen LogP contribution < -0.4 is 5.73 Å². The Hall–Kier alpha value is -0.870. The zero-order valence-electron chi connectivity index (χ0n) is 11.4. The van der Waals surface area contributed by atoms with Gasteiger partial charge in [-0.1, -0.05) is 51.8 Å². The van der Waals surface area contributed by atoms with Crippen molar-refractivity contribution in [3.63, 3.8) is 0 Å². The van der Waals surface area contributed by atoms with Gasteiger partial charge in [0.15, 0.2) is 0 Å². The van der Waals surface area contributed by atoms with Crippen molar-refractivity contribution in [1.29, 1.82) is 0 Å². The van der Waals surface area contributed by atoms with Crippen LogP contribution in [0, 0.1) is 0 Å². The van der Waals surface area contributed by atoms with E-state index in [9.17, 15) is 0 Å². The van der Waals surface area contributed by atoms with Crippen LogP contribution in [0.2, 0.25) is 5.02 Å². The van der Waals surface area contributed by atoms with Crippen LogP contribution in [0.1, 0.15) is 16.7 Å². The molecule has 0 spiro atoms. The average molecular weight is 354 g/mol. The SMILES string of the molecule is CN(Cc1cccc(Br)c1)Cc1ccc(CN)cc1Cl. The van der Waals surface area contributed by atoms with Gasteiger partial charge in [-0.3, -0.25) is 4.90 Å². The third-order valence-corrected chi connectivity index (χ3v) is 3.98. The van der Waals surface area contributed by atoms with E-state index < -0.39 is 0 Å². The number of hydrogen-bond acceptors (Lipinski definition) is 2. The number of benzene rings is 2.